The molecule has 0 aliphatic heterocycles. The lowest BCUT2D eigenvalue weighted by atomic mass is 10.4. The molecule has 0 fully saturated rings. The van der Waals surface area contributed by atoms with E-state index < -0.39 is 9.43 Å². The van der Waals surface area contributed by atoms with Crippen LogP contribution in [0.2, 0.25) is 0 Å². The van der Waals surface area contributed by atoms with Crippen molar-refractivity contribution in [1.29, 1.82) is 0 Å². The van der Waals surface area contributed by atoms with E-state index in [0.29, 0.717) is 21.5 Å². The summed E-state index contributed by atoms with van der Waals surface area (Å²) in [7, 11) is 0. The molecule has 1 aromatic heterocycles. The lowest BCUT2D eigenvalue weighted by Gasteiger charge is -2.12. The maximum Gasteiger partial charge on any atom is 0.446 e. The molecule has 0 radical (unpaired) electrons. The molecule has 0 saturated heterocycles. The van der Waals surface area contributed by atoms with Gasteiger partial charge in [0.15, 0.2) is 0 Å². The molecule has 0 spiro atoms. The first kappa shape index (κ1) is 15.8. The highest BCUT2D eigenvalue weighted by Gasteiger charge is 2.35. The smallest absolute Gasteiger partial charge is 0.195 e. The topological polar surface area (TPSA) is 0 Å². The Bertz CT molecular complexity index is 372. The van der Waals surface area contributed by atoms with Crippen LogP contribution in [-0.2, 0) is 0 Å². The second-order valence-electron chi connectivity index (χ2n) is 2.97. The molecule has 0 aliphatic carbocycles. The quantitative estimate of drug-likeness (QED) is 0.367. The summed E-state index contributed by atoms with van der Waals surface area (Å²) in [6.45, 7) is 3.14. The van der Waals surface area contributed by atoms with Crippen LogP contribution in [0.3, 0.4) is 0 Å². The molecule has 0 aromatic carbocycles. The van der Waals surface area contributed by atoms with Gasteiger partial charge in [0.1, 0.15) is 0 Å². The van der Waals surface area contributed by atoms with Crippen molar-refractivity contribution in [1.82, 2.24) is 0 Å². The second-order valence-corrected chi connectivity index (χ2v) is 8.33. The molecule has 0 amide bonds. The van der Waals surface area contributed by atoms with Crippen molar-refractivity contribution in [3.05, 3.63) is 9.75 Å². The minimum Gasteiger partial charge on any atom is -0.195 e. The standard InChI is InChI=1S/C8H6Cl2F4S3/c1-3-5(16-7(9,10)11)6(4(2)15-3)17-8(12,13)14/h1-2H3. The van der Waals surface area contributed by atoms with Gasteiger partial charge in [0, 0.05) is 19.5 Å². The lowest BCUT2D eigenvalue weighted by Crippen LogP contribution is -2.01. The first-order chi connectivity index (χ1) is 7.49. The van der Waals surface area contributed by atoms with Gasteiger partial charge in [-0.2, -0.15) is 17.6 Å². The highest BCUT2D eigenvalue weighted by atomic mass is 35.5. The summed E-state index contributed by atoms with van der Waals surface area (Å²) in [6.07, 6.45) is 0. The predicted octanol–water partition coefficient (Wildman–Crippen LogP) is 6.13. The molecule has 1 rings (SSSR count). The van der Waals surface area contributed by atoms with Crippen LogP contribution < -0.4 is 0 Å². The van der Waals surface area contributed by atoms with Crippen LogP contribution in [-0.4, -0.2) is 9.43 Å². The number of thioether (sulfide) groups is 2. The van der Waals surface area contributed by atoms with Gasteiger partial charge in [0.2, 0.25) is 0 Å². The normalized spacial score (nSPS) is 13.2. The molecule has 98 valence electrons. The molecule has 1 aromatic rings. The van der Waals surface area contributed by atoms with Gasteiger partial charge in [-0.15, -0.1) is 11.3 Å². The molecule has 0 N–H and O–H groups in total. The Morgan fingerprint density at radius 3 is 1.71 bits per heavy atom. The minimum atomic E-state index is -4.43. The molecule has 0 unspecified atom stereocenters. The van der Waals surface area contributed by atoms with Gasteiger partial charge >= 0.3 is 9.43 Å². The monoisotopic (exact) mass is 344 g/mol. The van der Waals surface area contributed by atoms with Gasteiger partial charge in [-0.05, 0) is 25.6 Å². The van der Waals surface area contributed by atoms with Crippen LogP contribution in [0.15, 0.2) is 9.79 Å². The third-order valence-corrected chi connectivity index (χ3v) is 5.35. The average Bonchev–Trinajstić information content (AvgIpc) is 2.27. The molecule has 9 heteroatoms. The van der Waals surface area contributed by atoms with Gasteiger partial charge in [0.25, 0.3) is 0 Å². The Kier molecular flexibility index (Phi) is 4.97. The van der Waals surface area contributed by atoms with E-state index in [4.69, 9.17) is 23.2 Å². The van der Waals surface area contributed by atoms with Crippen molar-refractivity contribution in [3.63, 3.8) is 0 Å². The van der Waals surface area contributed by atoms with Crippen LogP contribution in [0.4, 0.5) is 17.6 Å². The Morgan fingerprint density at radius 1 is 0.941 bits per heavy atom. The Balaban J connectivity index is 3.11. The van der Waals surface area contributed by atoms with E-state index in [1.54, 1.807) is 6.92 Å². The van der Waals surface area contributed by atoms with Crippen molar-refractivity contribution in [2.45, 2.75) is 33.1 Å². The maximum atomic E-state index is 13.1. The first-order valence-corrected chi connectivity index (χ1v) is 7.31. The third kappa shape index (κ3) is 5.06. The summed E-state index contributed by atoms with van der Waals surface area (Å²) >= 11 is 11.6. The number of halogens is 6. The van der Waals surface area contributed by atoms with Crippen LogP contribution in [0.5, 0.6) is 0 Å². The highest BCUT2D eigenvalue weighted by Crippen LogP contribution is 2.52. The van der Waals surface area contributed by atoms with Crippen LogP contribution in [0.25, 0.3) is 0 Å². The largest absolute Gasteiger partial charge is 0.446 e. The zero-order chi connectivity index (χ0) is 13.4. The lowest BCUT2D eigenvalue weighted by molar-refractivity contribution is -0.0329. The predicted molar refractivity (Wildman–Crippen MR) is 67.1 cm³/mol. The van der Waals surface area contributed by atoms with Crippen molar-refractivity contribution < 1.29 is 17.6 Å². The van der Waals surface area contributed by atoms with Crippen LogP contribution in [0.1, 0.15) is 9.75 Å². The zero-order valence-electron chi connectivity index (χ0n) is 8.49. The van der Waals surface area contributed by atoms with E-state index in [2.05, 4.69) is 0 Å². The number of thiophene rings is 1. The molecule has 0 nitrogen and oxygen atoms in total. The third-order valence-electron chi connectivity index (χ3n) is 1.59. The molecule has 0 saturated carbocycles. The number of rotatable bonds is 3. The molecular weight excluding hydrogens is 339 g/mol. The summed E-state index contributed by atoms with van der Waals surface area (Å²) < 4.78 is 47.5. The Hall–Kier alpha value is 0.700. The van der Waals surface area contributed by atoms with Crippen LogP contribution >= 0.6 is 58.1 Å². The van der Waals surface area contributed by atoms with E-state index >= 15 is 0 Å². The van der Waals surface area contributed by atoms with Crippen LogP contribution in [0, 0.1) is 13.8 Å². The van der Waals surface area contributed by atoms with E-state index in [1.807, 2.05) is 0 Å². The fraction of sp³-hybridized carbons (Fsp3) is 0.500. The summed E-state index contributed by atoms with van der Waals surface area (Å²) in [6, 6.07) is 0. The Labute approximate surface area is 118 Å². The van der Waals surface area contributed by atoms with Gasteiger partial charge < -0.3 is 0 Å². The summed E-state index contributed by atoms with van der Waals surface area (Å²) in [5.41, 5.74) is -4.43. The Morgan fingerprint density at radius 2 is 1.35 bits per heavy atom. The number of hydrogen-bond acceptors (Lipinski definition) is 3. The molecule has 0 atom stereocenters. The molecule has 1 heterocycles. The van der Waals surface area contributed by atoms with E-state index in [9.17, 15) is 17.6 Å². The highest BCUT2D eigenvalue weighted by molar-refractivity contribution is 8.05. The second kappa shape index (κ2) is 5.36. The van der Waals surface area contributed by atoms with E-state index in [1.165, 1.54) is 6.92 Å². The van der Waals surface area contributed by atoms with E-state index in [0.717, 1.165) is 11.3 Å². The van der Waals surface area contributed by atoms with Crippen molar-refractivity contribution in [3.8, 4) is 0 Å². The summed E-state index contributed by atoms with van der Waals surface area (Å²) in [4.78, 5) is 1.13. The molecule has 0 bridgehead atoms. The van der Waals surface area contributed by atoms with Gasteiger partial charge in [-0.25, -0.2) is 0 Å². The molecule has 17 heavy (non-hydrogen) atoms. The van der Waals surface area contributed by atoms with Crippen molar-refractivity contribution in [2.24, 2.45) is 0 Å². The van der Waals surface area contributed by atoms with Gasteiger partial charge in [-0.3, -0.25) is 0 Å². The number of alkyl halides is 6. The fourth-order valence-electron chi connectivity index (χ4n) is 1.11. The van der Waals surface area contributed by atoms with Gasteiger partial charge in [-0.1, -0.05) is 35.0 Å². The zero-order valence-corrected chi connectivity index (χ0v) is 12.5. The fourth-order valence-corrected chi connectivity index (χ4v) is 4.54. The average molecular weight is 345 g/mol. The summed E-state index contributed by atoms with van der Waals surface area (Å²) in [5.74, 6) is 0. The first-order valence-electron chi connectivity index (χ1n) is 4.11. The van der Waals surface area contributed by atoms with Gasteiger partial charge in [0.05, 0.1) is 0 Å². The number of hydrogen-bond donors (Lipinski definition) is 0. The molecular formula is C8H6Cl2F4S3. The minimum absolute atomic E-state index is 0.0340. The molecule has 0 aliphatic rings. The maximum absolute atomic E-state index is 13.1. The number of aryl methyl sites for hydroxylation is 2. The summed E-state index contributed by atoms with van der Waals surface area (Å²) in [5, 5.41) is 0. The van der Waals surface area contributed by atoms with E-state index in [-0.39, 0.29) is 21.6 Å². The van der Waals surface area contributed by atoms with Crippen molar-refractivity contribution in [2.75, 3.05) is 0 Å². The van der Waals surface area contributed by atoms with Crippen molar-refractivity contribution >= 4 is 58.1 Å². The SMILES string of the molecule is Cc1sc(C)c(SC(F)(Cl)Cl)c1SC(F)(F)F.